The number of aliphatic hydroxyl groups is 1. The van der Waals surface area contributed by atoms with Crippen LogP contribution in [0, 0.1) is 0 Å². The summed E-state index contributed by atoms with van der Waals surface area (Å²) < 4.78 is 24.7. The van der Waals surface area contributed by atoms with Gasteiger partial charge in [0.2, 0.25) is 0 Å². The summed E-state index contributed by atoms with van der Waals surface area (Å²) >= 11 is 0. The van der Waals surface area contributed by atoms with E-state index in [0.29, 0.717) is 30.9 Å². The summed E-state index contributed by atoms with van der Waals surface area (Å²) in [5.41, 5.74) is 1.13. The van der Waals surface area contributed by atoms with Gasteiger partial charge in [0.05, 0.1) is 7.11 Å². The minimum atomic E-state index is -0.651. The minimum absolute atomic E-state index is 0.260. The molecule has 2 saturated heterocycles. The fourth-order valence-electron chi connectivity index (χ4n) is 4.10. The third-order valence-electron chi connectivity index (χ3n) is 5.75. The Bertz CT molecular complexity index is 585. The number of halogens is 1. The highest BCUT2D eigenvalue weighted by atomic mass is 19.1. The quantitative estimate of drug-likeness (QED) is 0.733. The summed E-state index contributed by atoms with van der Waals surface area (Å²) in [6.45, 7) is 5.43. The van der Waals surface area contributed by atoms with Crippen LogP contribution >= 0.6 is 0 Å². The van der Waals surface area contributed by atoms with Crippen molar-refractivity contribution >= 4 is 0 Å². The highest BCUT2D eigenvalue weighted by Crippen LogP contribution is 2.29. The number of nitrogens with zero attached hydrogens (tertiary/aromatic N) is 2. The molecule has 2 aliphatic heterocycles. The van der Waals surface area contributed by atoms with E-state index in [1.807, 2.05) is 18.2 Å². The first-order valence-corrected chi connectivity index (χ1v) is 10.7. The highest BCUT2D eigenvalue weighted by Gasteiger charge is 2.19. The van der Waals surface area contributed by atoms with Crippen molar-refractivity contribution < 1.29 is 19.0 Å². The molecule has 0 aliphatic carbocycles. The van der Waals surface area contributed by atoms with E-state index in [2.05, 4.69) is 9.80 Å². The molecule has 5 nitrogen and oxygen atoms in total. The predicted molar refractivity (Wildman–Crippen MR) is 109 cm³/mol. The second kappa shape index (κ2) is 11.0. The summed E-state index contributed by atoms with van der Waals surface area (Å²) in [6.07, 6.45) is 5.08. The average molecular weight is 395 g/mol. The Hall–Kier alpha value is -1.37. The lowest BCUT2D eigenvalue weighted by atomic mass is 10.1. The van der Waals surface area contributed by atoms with Gasteiger partial charge in [0.25, 0.3) is 0 Å². The van der Waals surface area contributed by atoms with Crippen LogP contribution in [0.2, 0.25) is 0 Å². The number of hydrogen-bond acceptors (Lipinski definition) is 5. The third-order valence-corrected chi connectivity index (χ3v) is 5.75. The molecule has 0 spiro atoms. The number of rotatable bonds is 8. The number of hydrogen-bond donors (Lipinski definition) is 1. The van der Waals surface area contributed by atoms with E-state index >= 15 is 0 Å². The van der Waals surface area contributed by atoms with E-state index < -0.39 is 12.3 Å². The summed E-state index contributed by atoms with van der Waals surface area (Å²) in [5.74, 6) is 1.34. The van der Waals surface area contributed by atoms with Crippen LogP contribution < -0.4 is 9.47 Å². The molecule has 158 valence electrons. The van der Waals surface area contributed by atoms with Crippen LogP contribution in [0.1, 0.15) is 44.1 Å². The number of alkyl halides is 1. The lowest BCUT2D eigenvalue weighted by molar-refractivity contribution is 0.0683. The largest absolute Gasteiger partial charge is 0.493 e. The van der Waals surface area contributed by atoms with Crippen molar-refractivity contribution in [3.63, 3.8) is 0 Å². The summed E-state index contributed by atoms with van der Waals surface area (Å²) in [4.78, 5) is 4.61. The minimum Gasteiger partial charge on any atom is -0.493 e. The molecule has 1 aromatic rings. The Morgan fingerprint density at radius 1 is 1.04 bits per heavy atom. The van der Waals surface area contributed by atoms with Crippen molar-refractivity contribution in [2.75, 3.05) is 46.4 Å². The molecule has 1 atom stereocenters. The summed E-state index contributed by atoms with van der Waals surface area (Å²) in [6, 6.07) is 5.92. The maximum absolute atomic E-state index is 13.3. The normalized spacial score (nSPS) is 21.2. The number of aliphatic hydroxyl groups excluding tert-OH is 1. The van der Waals surface area contributed by atoms with Crippen molar-refractivity contribution in [3.05, 3.63) is 23.8 Å². The Balaban J connectivity index is 1.49. The molecular weight excluding hydrogens is 359 g/mol. The predicted octanol–water partition coefficient (Wildman–Crippen LogP) is 3.24. The van der Waals surface area contributed by atoms with Crippen LogP contribution in [0.4, 0.5) is 4.39 Å². The second-order valence-electron chi connectivity index (χ2n) is 8.12. The maximum atomic E-state index is 13.3. The van der Waals surface area contributed by atoms with Crippen molar-refractivity contribution in [2.45, 2.75) is 57.3 Å². The van der Waals surface area contributed by atoms with Gasteiger partial charge in [-0.2, -0.15) is 0 Å². The summed E-state index contributed by atoms with van der Waals surface area (Å²) in [7, 11) is 1.63. The van der Waals surface area contributed by atoms with Gasteiger partial charge in [-0.1, -0.05) is 18.9 Å². The smallest absolute Gasteiger partial charge is 0.161 e. The molecule has 2 fully saturated rings. The molecule has 28 heavy (non-hydrogen) atoms. The number of benzene rings is 1. The molecule has 0 saturated carbocycles. The number of piperidine rings is 1. The lowest BCUT2D eigenvalue weighted by Crippen LogP contribution is -2.36. The first-order chi connectivity index (χ1) is 13.6. The Labute approximate surface area is 168 Å². The zero-order valence-corrected chi connectivity index (χ0v) is 17.1. The van der Waals surface area contributed by atoms with Crippen LogP contribution in [0.3, 0.4) is 0 Å². The monoisotopic (exact) mass is 394 g/mol. The van der Waals surface area contributed by atoms with Gasteiger partial charge in [-0.3, -0.25) is 4.90 Å². The van der Waals surface area contributed by atoms with Crippen LogP contribution in [0.15, 0.2) is 18.2 Å². The number of ether oxygens (including phenoxy) is 2. The van der Waals surface area contributed by atoms with Gasteiger partial charge in [-0.05, 0) is 56.5 Å². The maximum Gasteiger partial charge on any atom is 0.161 e. The van der Waals surface area contributed by atoms with E-state index in [-0.39, 0.29) is 6.61 Å². The fraction of sp³-hybridized carbons (Fsp3) is 0.727. The van der Waals surface area contributed by atoms with Crippen LogP contribution in [-0.2, 0) is 6.54 Å². The van der Waals surface area contributed by atoms with Crippen molar-refractivity contribution in [2.24, 2.45) is 0 Å². The van der Waals surface area contributed by atoms with Crippen LogP contribution in [0.25, 0.3) is 0 Å². The molecule has 0 radical (unpaired) electrons. The van der Waals surface area contributed by atoms with Crippen molar-refractivity contribution in [3.8, 4) is 11.5 Å². The van der Waals surface area contributed by atoms with Crippen molar-refractivity contribution in [1.29, 1.82) is 0 Å². The molecule has 0 aromatic heterocycles. The first kappa shape index (κ1) is 21.3. The molecule has 2 heterocycles. The zero-order chi connectivity index (χ0) is 19.8. The van der Waals surface area contributed by atoms with Gasteiger partial charge < -0.3 is 19.5 Å². The Morgan fingerprint density at radius 3 is 2.43 bits per heavy atom. The topological polar surface area (TPSA) is 45.2 Å². The van der Waals surface area contributed by atoms with Gasteiger partial charge in [0.1, 0.15) is 18.9 Å². The molecule has 1 unspecified atom stereocenters. The van der Waals surface area contributed by atoms with E-state index in [0.717, 1.165) is 38.3 Å². The zero-order valence-electron chi connectivity index (χ0n) is 17.1. The van der Waals surface area contributed by atoms with Crippen LogP contribution in [0.5, 0.6) is 11.5 Å². The highest BCUT2D eigenvalue weighted by molar-refractivity contribution is 5.43. The fourth-order valence-corrected chi connectivity index (χ4v) is 4.10. The third kappa shape index (κ3) is 6.61. The molecule has 2 aliphatic rings. The molecule has 1 aromatic carbocycles. The average Bonchev–Trinajstić information content (AvgIpc) is 2.97. The number of likely N-dealkylation sites (tertiary alicyclic amines) is 2. The Kier molecular flexibility index (Phi) is 8.37. The van der Waals surface area contributed by atoms with Gasteiger partial charge in [0.15, 0.2) is 11.5 Å². The Morgan fingerprint density at radius 2 is 1.75 bits per heavy atom. The van der Waals surface area contributed by atoms with Gasteiger partial charge in [-0.25, -0.2) is 4.39 Å². The van der Waals surface area contributed by atoms with Gasteiger partial charge in [-0.15, -0.1) is 0 Å². The van der Waals surface area contributed by atoms with Gasteiger partial charge >= 0.3 is 0 Å². The van der Waals surface area contributed by atoms with E-state index in [1.165, 1.54) is 25.7 Å². The first-order valence-electron chi connectivity index (χ1n) is 10.7. The number of β-amino-alcohol motifs (C(OH)–C–C–N with tert-alkyl or cyclic N) is 1. The molecule has 1 N–H and O–H groups in total. The molecule has 3 rings (SSSR count). The van der Waals surface area contributed by atoms with E-state index in [9.17, 15) is 9.50 Å². The van der Waals surface area contributed by atoms with Gasteiger partial charge in [0, 0.05) is 26.2 Å². The standard InChI is InChI=1S/C22H35FN2O3/c1-27-22-14-18(15-25-12-8-19(23)9-13-25)6-7-21(22)28-17-20(26)16-24-10-4-2-3-5-11-24/h6-7,14,19-20,26H,2-5,8-13,15-17H2,1H3. The molecule has 0 bridgehead atoms. The SMILES string of the molecule is COc1cc(CN2CCC(F)CC2)ccc1OCC(O)CN1CCCCCC1. The number of methoxy groups -OCH3 is 1. The van der Waals surface area contributed by atoms with Crippen LogP contribution in [-0.4, -0.2) is 73.6 Å². The molecule has 0 amide bonds. The van der Waals surface area contributed by atoms with Crippen molar-refractivity contribution in [1.82, 2.24) is 9.80 Å². The molecular formula is C22H35FN2O3. The van der Waals surface area contributed by atoms with E-state index in [4.69, 9.17) is 9.47 Å². The van der Waals surface area contributed by atoms with E-state index in [1.54, 1.807) is 7.11 Å². The lowest BCUT2D eigenvalue weighted by Gasteiger charge is -2.28. The second-order valence-corrected chi connectivity index (χ2v) is 8.12. The molecule has 6 heteroatoms. The summed E-state index contributed by atoms with van der Waals surface area (Å²) in [5, 5.41) is 10.4.